The molecule has 1 aliphatic carbocycles. The summed E-state index contributed by atoms with van der Waals surface area (Å²) in [7, 11) is 0. The van der Waals surface area contributed by atoms with Gasteiger partial charge >= 0.3 is 0 Å². The van der Waals surface area contributed by atoms with Crippen LogP contribution in [0.25, 0.3) is 0 Å². The van der Waals surface area contributed by atoms with E-state index in [1.165, 1.54) is 0 Å². The lowest BCUT2D eigenvalue weighted by Gasteiger charge is -2.21. The first-order chi connectivity index (χ1) is 8.67. The van der Waals surface area contributed by atoms with Gasteiger partial charge in [0.05, 0.1) is 12.3 Å². The molecule has 0 spiro atoms. The lowest BCUT2D eigenvalue weighted by atomic mass is 10.3. The Bertz CT molecular complexity index is 418. The highest BCUT2D eigenvalue weighted by Crippen LogP contribution is 2.37. The predicted molar refractivity (Wildman–Crippen MR) is 70.4 cm³/mol. The molecule has 5 heteroatoms. The highest BCUT2D eigenvalue weighted by atomic mass is 16.3. The van der Waals surface area contributed by atoms with Gasteiger partial charge in [0.15, 0.2) is 0 Å². The predicted octanol–water partition coefficient (Wildman–Crippen LogP) is 1.25. The molecule has 0 aromatic carbocycles. The molecule has 3 N–H and O–H groups in total. The second-order valence-electron chi connectivity index (χ2n) is 4.81. The maximum Gasteiger partial charge on any atom is 0.270 e. The summed E-state index contributed by atoms with van der Waals surface area (Å²) < 4.78 is 1.98. The number of amides is 1. The fourth-order valence-corrected chi connectivity index (χ4v) is 2.19. The maximum atomic E-state index is 12.4. The number of aliphatic hydroxyl groups is 1. The summed E-state index contributed by atoms with van der Waals surface area (Å²) >= 11 is 0. The Morgan fingerprint density at radius 2 is 2.28 bits per heavy atom. The molecule has 0 saturated heterocycles. The topological polar surface area (TPSA) is 71.5 Å². The minimum absolute atomic E-state index is 0.00857. The summed E-state index contributed by atoms with van der Waals surface area (Å²) in [5, 5.41) is 9.03. The maximum absolute atomic E-state index is 12.4. The first kappa shape index (κ1) is 13.0. The third kappa shape index (κ3) is 2.67. The van der Waals surface area contributed by atoms with Crippen molar-refractivity contribution in [2.75, 3.05) is 25.4 Å². The summed E-state index contributed by atoms with van der Waals surface area (Å²) in [6, 6.07) is 2.17. The quantitative estimate of drug-likeness (QED) is 0.799. The fourth-order valence-electron chi connectivity index (χ4n) is 2.19. The normalized spacial score (nSPS) is 14.8. The molecule has 0 bridgehead atoms. The SMILES string of the molecule is CCCN(CCO)C(=O)c1cc(N)cn1C1CC1. The van der Waals surface area contributed by atoms with Crippen LogP contribution in [0.3, 0.4) is 0 Å². The number of hydrogen-bond donors (Lipinski definition) is 2. The Morgan fingerprint density at radius 3 is 2.83 bits per heavy atom. The van der Waals surface area contributed by atoms with Crippen LogP contribution in [-0.2, 0) is 0 Å². The van der Waals surface area contributed by atoms with Crippen LogP contribution in [0.1, 0.15) is 42.7 Å². The summed E-state index contributed by atoms with van der Waals surface area (Å²) in [6.45, 7) is 3.05. The van der Waals surface area contributed by atoms with Gasteiger partial charge in [-0.15, -0.1) is 0 Å². The lowest BCUT2D eigenvalue weighted by Crippen LogP contribution is -2.35. The number of nitrogens with two attached hydrogens (primary N) is 1. The number of carbonyl (C=O) groups is 1. The molecule has 5 nitrogen and oxygen atoms in total. The standard InChI is InChI=1S/C13H21N3O2/c1-2-5-15(6-7-17)13(18)12-8-10(14)9-16(12)11-3-4-11/h8-9,11,17H,2-7,14H2,1H3. The molecular formula is C13H21N3O2. The molecule has 0 unspecified atom stereocenters. The van der Waals surface area contributed by atoms with E-state index in [2.05, 4.69) is 0 Å². The van der Waals surface area contributed by atoms with E-state index in [-0.39, 0.29) is 12.5 Å². The molecule has 1 saturated carbocycles. The highest BCUT2D eigenvalue weighted by molar-refractivity contribution is 5.94. The van der Waals surface area contributed by atoms with Crippen molar-refractivity contribution in [1.82, 2.24) is 9.47 Å². The molecule has 0 aliphatic heterocycles. The lowest BCUT2D eigenvalue weighted by molar-refractivity contribution is 0.0711. The molecule has 1 aromatic heterocycles. The summed E-state index contributed by atoms with van der Waals surface area (Å²) in [5.41, 5.74) is 7.07. The smallest absolute Gasteiger partial charge is 0.270 e. The van der Waals surface area contributed by atoms with Crippen LogP contribution < -0.4 is 5.73 Å². The zero-order chi connectivity index (χ0) is 13.1. The van der Waals surface area contributed by atoms with E-state index in [1.54, 1.807) is 11.0 Å². The average molecular weight is 251 g/mol. The van der Waals surface area contributed by atoms with E-state index in [4.69, 9.17) is 10.8 Å². The fraction of sp³-hybridized carbons (Fsp3) is 0.615. The van der Waals surface area contributed by atoms with Crippen molar-refractivity contribution in [3.63, 3.8) is 0 Å². The number of aliphatic hydroxyl groups excluding tert-OH is 1. The summed E-state index contributed by atoms with van der Waals surface area (Å²) in [6.07, 6.45) is 4.95. The molecule has 1 aromatic rings. The minimum Gasteiger partial charge on any atom is -0.397 e. The van der Waals surface area contributed by atoms with Crippen LogP contribution in [0.4, 0.5) is 5.69 Å². The molecular weight excluding hydrogens is 230 g/mol. The van der Waals surface area contributed by atoms with Gasteiger partial charge in [-0.1, -0.05) is 6.92 Å². The van der Waals surface area contributed by atoms with Crippen molar-refractivity contribution < 1.29 is 9.90 Å². The largest absolute Gasteiger partial charge is 0.397 e. The third-order valence-corrected chi connectivity index (χ3v) is 3.18. The van der Waals surface area contributed by atoms with E-state index in [9.17, 15) is 4.79 Å². The number of hydrogen-bond acceptors (Lipinski definition) is 3. The van der Waals surface area contributed by atoms with E-state index < -0.39 is 0 Å². The Kier molecular flexibility index (Phi) is 3.91. The van der Waals surface area contributed by atoms with E-state index >= 15 is 0 Å². The zero-order valence-electron chi connectivity index (χ0n) is 10.8. The Hall–Kier alpha value is -1.49. The van der Waals surface area contributed by atoms with Crippen molar-refractivity contribution in [2.24, 2.45) is 0 Å². The van der Waals surface area contributed by atoms with Crippen LogP contribution in [0, 0.1) is 0 Å². The average Bonchev–Trinajstić information content (AvgIpc) is 3.11. The van der Waals surface area contributed by atoms with Gasteiger partial charge in [0.25, 0.3) is 5.91 Å². The summed E-state index contributed by atoms with van der Waals surface area (Å²) in [4.78, 5) is 14.1. The van der Waals surface area contributed by atoms with Gasteiger partial charge < -0.3 is 20.3 Å². The molecule has 100 valence electrons. The summed E-state index contributed by atoms with van der Waals surface area (Å²) in [5.74, 6) is -0.0329. The first-order valence-electron chi connectivity index (χ1n) is 6.54. The van der Waals surface area contributed by atoms with E-state index in [0.717, 1.165) is 19.3 Å². The second kappa shape index (κ2) is 5.44. The number of nitrogen functional groups attached to an aromatic ring is 1. The molecule has 1 aliphatic rings. The van der Waals surface area contributed by atoms with Crippen LogP contribution in [-0.4, -0.2) is 40.2 Å². The molecule has 1 fully saturated rings. The minimum atomic E-state index is -0.0329. The Balaban J connectivity index is 2.20. The van der Waals surface area contributed by atoms with Crippen LogP contribution >= 0.6 is 0 Å². The number of aromatic nitrogens is 1. The Labute approximate surface area is 107 Å². The van der Waals surface area contributed by atoms with Crippen molar-refractivity contribution in [2.45, 2.75) is 32.2 Å². The second-order valence-corrected chi connectivity index (χ2v) is 4.81. The number of carbonyl (C=O) groups excluding carboxylic acids is 1. The van der Waals surface area contributed by atoms with Gasteiger partial charge in [-0.05, 0) is 25.3 Å². The third-order valence-electron chi connectivity index (χ3n) is 3.18. The van der Waals surface area contributed by atoms with Crippen molar-refractivity contribution in [1.29, 1.82) is 0 Å². The van der Waals surface area contributed by atoms with E-state index in [1.807, 2.05) is 17.7 Å². The van der Waals surface area contributed by atoms with Gasteiger partial charge in [0.1, 0.15) is 5.69 Å². The van der Waals surface area contributed by atoms with Gasteiger partial charge in [0.2, 0.25) is 0 Å². The van der Waals surface area contributed by atoms with Crippen LogP contribution in [0.2, 0.25) is 0 Å². The van der Waals surface area contributed by atoms with Gasteiger partial charge in [-0.2, -0.15) is 0 Å². The molecule has 1 heterocycles. The van der Waals surface area contributed by atoms with Gasteiger partial charge in [-0.3, -0.25) is 4.79 Å². The molecule has 1 amide bonds. The Morgan fingerprint density at radius 1 is 1.56 bits per heavy atom. The van der Waals surface area contributed by atoms with Gasteiger partial charge in [-0.25, -0.2) is 0 Å². The number of anilines is 1. The van der Waals surface area contributed by atoms with Crippen LogP contribution in [0.15, 0.2) is 12.3 Å². The van der Waals surface area contributed by atoms with Crippen molar-refractivity contribution in [3.05, 3.63) is 18.0 Å². The number of nitrogens with zero attached hydrogens (tertiary/aromatic N) is 2. The molecule has 2 rings (SSSR count). The van der Waals surface area contributed by atoms with Crippen molar-refractivity contribution >= 4 is 11.6 Å². The zero-order valence-corrected chi connectivity index (χ0v) is 10.8. The number of rotatable bonds is 6. The molecule has 0 radical (unpaired) electrons. The van der Waals surface area contributed by atoms with Crippen LogP contribution in [0.5, 0.6) is 0 Å². The van der Waals surface area contributed by atoms with Gasteiger partial charge in [0, 0.05) is 25.3 Å². The monoisotopic (exact) mass is 251 g/mol. The molecule has 18 heavy (non-hydrogen) atoms. The highest BCUT2D eigenvalue weighted by Gasteiger charge is 2.29. The first-order valence-corrected chi connectivity index (χ1v) is 6.54. The van der Waals surface area contributed by atoms with E-state index in [0.29, 0.717) is 30.5 Å². The molecule has 0 atom stereocenters. The van der Waals surface area contributed by atoms with Crippen molar-refractivity contribution in [3.8, 4) is 0 Å².